The molecule has 0 atom stereocenters. The number of aryl methyl sites for hydroxylation is 1. The third kappa shape index (κ3) is 1.61. The average Bonchev–Trinajstić information content (AvgIpc) is 2.82. The molecular formula is C16H21N3O. The standard InChI is InChI=1S/C16H21N3O/c1-18-14-3-2-11(6-9-20-17)10-13(14)15-12-4-7-19(8-5-12)16(15)18/h2-3,10,12H,4-9,17H2,1H3. The topological polar surface area (TPSA) is 43.4 Å². The van der Waals surface area contributed by atoms with Gasteiger partial charge in [0, 0.05) is 36.6 Å². The van der Waals surface area contributed by atoms with Crippen molar-refractivity contribution < 1.29 is 4.84 Å². The second-order valence-corrected chi connectivity index (χ2v) is 6.03. The zero-order chi connectivity index (χ0) is 13.7. The van der Waals surface area contributed by atoms with E-state index in [4.69, 9.17) is 10.7 Å². The van der Waals surface area contributed by atoms with Gasteiger partial charge in [0.15, 0.2) is 0 Å². The second-order valence-electron chi connectivity index (χ2n) is 6.03. The van der Waals surface area contributed by atoms with Crippen LogP contribution in [0, 0.1) is 0 Å². The Labute approximate surface area is 119 Å². The monoisotopic (exact) mass is 271 g/mol. The highest BCUT2D eigenvalue weighted by atomic mass is 16.6. The van der Waals surface area contributed by atoms with E-state index in [-0.39, 0.29) is 0 Å². The van der Waals surface area contributed by atoms with E-state index in [1.54, 1.807) is 5.56 Å². The minimum Gasteiger partial charge on any atom is -0.358 e. The molecule has 3 aliphatic heterocycles. The van der Waals surface area contributed by atoms with Gasteiger partial charge in [-0.2, -0.15) is 0 Å². The van der Waals surface area contributed by atoms with Crippen LogP contribution in [0.4, 0.5) is 5.82 Å². The second kappa shape index (κ2) is 4.50. The van der Waals surface area contributed by atoms with Gasteiger partial charge in [-0.15, -0.1) is 0 Å². The predicted molar refractivity (Wildman–Crippen MR) is 81.0 cm³/mol. The molecule has 4 nitrogen and oxygen atoms in total. The number of fused-ring (bicyclic) bond motifs is 3. The van der Waals surface area contributed by atoms with Crippen LogP contribution in [0.1, 0.15) is 29.9 Å². The first-order valence-electron chi connectivity index (χ1n) is 7.47. The van der Waals surface area contributed by atoms with Gasteiger partial charge in [0.25, 0.3) is 0 Å². The first-order valence-corrected chi connectivity index (χ1v) is 7.47. The van der Waals surface area contributed by atoms with Crippen LogP contribution in [0.2, 0.25) is 0 Å². The van der Waals surface area contributed by atoms with E-state index in [9.17, 15) is 0 Å². The Bertz CT molecular complexity index is 653. The van der Waals surface area contributed by atoms with E-state index >= 15 is 0 Å². The summed E-state index contributed by atoms with van der Waals surface area (Å²) in [5.74, 6) is 7.35. The lowest BCUT2D eigenvalue weighted by Crippen LogP contribution is -2.39. The number of hydrogen-bond acceptors (Lipinski definition) is 3. The molecule has 1 aromatic heterocycles. The van der Waals surface area contributed by atoms with Gasteiger partial charge in [-0.1, -0.05) is 6.07 Å². The van der Waals surface area contributed by atoms with E-state index < -0.39 is 0 Å². The zero-order valence-corrected chi connectivity index (χ0v) is 11.9. The Hall–Kier alpha value is -1.52. The van der Waals surface area contributed by atoms with Crippen molar-refractivity contribution in [3.8, 4) is 0 Å². The largest absolute Gasteiger partial charge is 0.358 e. The molecule has 2 bridgehead atoms. The number of nitrogens with two attached hydrogens (primary N) is 1. The molecule has 1 aromatic carbocycles. The molecule has 0 aliphatic carbocycles. The van der Waals surface area contributed by atoms with Crippen molar-refractivity contribution in [3.63, 3.8) is 0 Å². The van der Waals surface area contributed by atoms with E-state index in [1.807, 2.05) is 0 Å². The summed E-state index contributed by atoms with van der Waals surface area (Å²) in [5, 5.41) is 1.44. The first-order chi connectivity index (χ1) is 9.79. The quantitative estimate of drug-likeness (QED) is 0.871. The van der Waals surface area contributed by atoms with Crippen LogP contribution in [-0.2, 0) is 18.3 Å². The summed E-state index contributed by atoms with van der Waals surface area (Å²) in [5.41, 5.74) is 4.24. The summed E-state index contributed by atoms with van der Waals surface area (Å²) in [7, 11) is 2.20. The Morgan fingerprint density at radius 2 is 2.10 bits per heavy atom. The summed E-state index contributed by atoms with van der Waals surface area (Å²) < 4.78 is 2.37. The number of anilines is 1. The van der Waals surface area contributed by atoms with E-state index in [2.05, 4.69) is 34.7 Å². The molecule has 1 fully saturated rings. The fourth-order valence-corrected chi connectivity index (χ4v) is 4.00. The smallest absolute Gasteiger partial charge is 0.112 e. The van der Waals surface area contributed by atoms with E-state index in [0.717, 1.165) is 12.3 Å². The fraction of sp³-hybridized carbons (Fsp3) is 0.500. The first kappa shape index (κ1) is 12.2. The van der Waals surface area contributed by atoms with Crippen molar-refractivity contribution in [1.29, 1.82) is 0 Å². The number of piperidine rings is 1. The van der Waals surface area contributed by atoms with E-state index in [1.165, 1.54) is 48.2 Å². The predicted octanol–water partition coefficient (Wildman–Crippen LogP) is 2.31. The molecule has 106 valence electrons. The summed E-state index contributed by atoms with van der Waals surface area (Å²) >= 11 is 0. The Morgan fingerprint density at radius 1 is 1.30 bits per heavy atom. The Balaban J connectivity index is 1.89. The Morgan fingerprint density at radius 3 is 2.85 bits per heavy atom. The molecule has 2 N–H and O–H groups in total. The highest BCUT2D eigenvalue weighted by Crippen LogP contribution is 2.47. The number of rotatable bonds is 3. The maximum absolute atomic E-state index is 5.14. The normalized spacial score (nSPS) is 18.0. The molecule has 3 aliphatic rings. The highest BCUT2D eigenvalue weighted by Gasteiger charge is 2.35. The van der Waals surface area contributed by atoms with Crippen LogP contribution in [0.15, 0.2) is 18.2 Å². The van der Waals surface area contributed by atoms with Crippen LogP contribution in [0.25, 0.3) is 10.9 Å². The van der Waals surface area contributed by atoms with Gasteiger partial charge < -0.3 is 14.3 Å². The van der Waals surface area contributed by atoms with Gasteiger partial charge in [0.05, 0.1) is 6.61 Å². The number of hydrogen-bond donors (Lipinski definition) is 1. The van der Waals surface area contributed by atoms with Crippen molar-refractivity contribution in [1.82, 2.24) is 4.57 Å². The minimum absolute atomic E-state index is 0.579. The van der Waals surface area contributed by atoms with E-state index in [0.29, 0.717) is 6.61 Å². The molecule has 0 spiro atoms. The van der Waals surface area contributed by atoms with Crippen LogP contribution < -0.4 is 10.8 Å². The van der Waals surface area contributed by atoms with Crippen LogP contribution in [0.3, 0.4) is 0 Å². The molecule has 5 rings (SSSR count). The van der Waals surface area contributed by atoms with Gasteiger partial charge in [0.2, 0.25) is 0 Å². The molecule has 0 amide bonds. The van der Waals surface area contributed by atoms with Crippen LogP contribution in [-0.4, -0.2) is 24.3 Å². The van der Waals surface area contributed by atoms with Gasteiger partial charge in [-0.05, 0) is 42.9 Å². The summed E-state index contributed by atoms with van der Waals surface area (Å²) in [4.78, 5) is 7.27. The van der Waals surface area contributed by atoms with Crippen LogP contribution >= 0.6 is 0 Å². The highest BCUT2D eigenvalue weighted by molar-refractivity contribution is 5.92. The molecule has 1 saturated heterocycles. The van der Waals surface area contributed by atoms with Gasteiger partial charge in [-0.25, -0.2) is 5.90 Å². The molecular weight excluding hydrogens is 250 g/mol. The van der Waals surface area contributed by atoms with Crippen molar-refractivity contribution in [3.05, 3.63) is 29.3 Å². The third-order valence-corrected chi connectivity index (χ3v) is 4.98. The van der Waals surface area contributed by atoms with Gasteiger partial charge in [0.1, 0.15) is 5.82 Å². The minimum atomic E-state index is 0.579. The molecule has 4 heterocycles. The molecule has 20 heavy (non-hydrogen) atoms. The van der Waals surface area contributed by atoms with Crippen LogP contribution in [0.5, 0.6) is 0 Å². The lowest BCUT2D eigenvalue weighted by molar-refractivity contribution is 0.141. The van der Waals surface area contributed by atoms with Crippen molar-refractivity contribution >= 4 is 16.7 Å². The number of nitrogens with zero attached hydrogens (tertiary/aromatic N) is 2. The molecule has 2 aromatic rings. The Kier molecular flexibility index (Phi) is 2.75. The molecule has 0 unspecified atom stereocenters. The summed E-state index contributed by atoms with van der Waals surface area (Å²) in [6.07, 6.45) is 3.50. The lowest BCUT2D eigenvalue weighted by Gasteiger charge is -2.41. The van der Waals surface area contributed by atoms with Gasteiger partial charge in [-0.3, -0.25) is 0 Å². The van der Waals surface area contributed by atoms with Gasteiger partial charge >= 0.3 is 0 Å². The fourth-order valence-electron chi connectivity index (χ4n) is 4.00. The summed E-state index contributed by atoms with van der Waals surface area (Å²) in [6.45, 7) is 3.02. The maximum Gasteiger partial charge on any atom is 0.112 e. The molecule has 0 radical (unpaired) electrons. The zero-order valence-electron chi connectivity index (χ0n) is 11.9. The third-order valence-electron chi connectivity index (χ3n) is 4.98. The number of aromatic nitrogens is 1. The van der Waals surface area contributed by atoms with Crippen molar-refractivity contribution in [2.24, 2.45) is 12.9 Å². The maximum atomic E-state index is 5.14. The number of benzene rings is 1. The molecule has 0 saturated carbocycles. The van der Waals surface area contributed by atoms with Crippen molar-refractivity contribution in [2.45, 2.75) is 25.2 Å². The average molecular weight is 271 g/mol. The van der Waals surface area contributed by atoms with Crippen molar-refractivity contribution in [2.75, 3.05) is 24.6 Å². The summed E-state index contributed by atoms with van der Waals surface area (Å²) in [6, 6.07) is 6.79. The lowest BCUT2D eigenvalue weighted by atomic mass is 9.84. The SMILES string of the molecule is Cn1c2c(c3cc(CCON)ccc31)C1CCN2CC1. The molecule has 4 heteroatoms.